The average Bonchev–Trinajstić information content (AvgIpc) is 2.60. The molecule has 0 aliphatic heterocycles. The second-order valence-corrected chi connectivity index (χ2v) is 4.90. The van der Waals surface area contributed by atoms with E-state index >= 15 is 0 Å². The van der Waals surface area contributed by atoms with Crippen LogP contribution in [0, 0.1) is 5.92 Å². The van der Waals surface area contributed by atoms with Crippen molar-refractivity contribution in [2.45, 2.75) is 19.9 Å². The lowest BCUT2D eigenvalue weighted by Gasteiger charge is -2.10. The van der Waals surface area contributed by atoms with Gasteiger partial charge in [-0.1, -0.05) is 37.0 Å². The predicted molar refractivity (Wildman–Crippen MR) is 65.8 cm³/mol. The van der Waals surface area contributed by atoms with Gasteiger partial charge in [-0.2, -0.15) is 0 Å². The molecule has 1 aromatic heterocycles. The average molecular weight is 259 g/mol. The van der Waals surface area contributed by atoms with Crippen molar-refractivity contribution in [3.63, 3.8) is 0 Å². The molecule has 1 aromatic carbocycles. The third-order valence-corrected chi connectivity index (χ3v) is 2.93. The van der Waals surface area contributed by atoms with E-state index in [-0.39, 0.29) is 12.0 Å². The smallest absolute Gasteiger partial charge is 0.212 e. The van der Waals surface area contributed by atoms with Gasteiger partial charge in [0.05, 0.1) is 11.1 Å². The summed E-state index contributed by atoms with van der Waals surface area (Å²) in [5, 5.41) is 0.993. The molecule has 16 heavy (non-hydrogen) atoms. The second kappa shape index (κ2) is 4.24. The van der Waals surface area contributed by atoms with Gasteiger partial charge in [0.2, 0.25) is 5.89 Å². The first-order valence-corrected chi connectivity index (χ1v) is 5.75. The standard InChI is InChI=1S/C11H12Cl2N2O/c1-5(2)9(14)11-15-8-4-6(12)3-7(13)10(8)16-11/h3-5,9H,14H2,1-2H3. The van der Waals surface area contributed by atoms with Gasteiger partial charge in [-0.15, -0.1) is 0 Å². The van der Waals surface area contributed by atoms with E-state index < -0.39 is 0 Å². The molecule has 0 aliphatic carbocycles. The lowest BCUT2D eigenvalue weighted by atomic mass is 10.1. The Morgan fingerprint density at radius 2 is 2.00 bits per heavy atom. The quantitative estimate of drug-likeness (QED) is 0.892. The summed E-state index contributed by atoms with van der Waals surface area (Å²) < 4.78 is 5.55. The zero-order chi connectivity index (χ0) is 11.9. The van der Waals surface area contributed by atoms with Gasteiger partial charge < -0.3 is 10.2 Å². The van der Waals surface area contributed by atoms with Crippen LogP contribution in [0.25, 0.3) is 11.1 Å². The Balaban J connectivity index is 2.56. The molecule has 86 valence electrons. The van der Waals surface area contributed by atoms with Crippen molar-refractivity contribution >= 4 is 34.3 Å². The van der Waals surface area contributed by atoms with Crippen LogP contribution in [0.4, 0.5) is 0 Å². The Bertz CT molecular complexity index is 522. The summed E-state index contributed by atoms with van der Waals surface area (Å²) >= 11 is 11.9. The van der Waals surface area contributed by atoms with Gasteiger partial charge in [-0.25, -0.2) is 4.98 Å². The van der Waals surface area contributed by atoms with Gasteiger partial charge in [0.25, 0.3) is 0 Å². The van der Waals surface area contributed by atoms with Crippen LogP contribution in [0.1, 0.15) is 25.8 Å². The summed E-state index contributed by atoms with van der Waals surface area (Å²) in [6.45, 7) is 4.02. The highest BCUT2D eigenvalue weighted by molar-refractivity contribution is 6.37. The van der Waals surface area contributed by atoms with Crippen molar-refractivity contribution in [2.75, 3.05) is 0 Å². The molecule has 0 aliphatic rings. The van der Waals surface area contributed by atoms with Crippen molar-refractivity contribution in [2.24, 2.45) is 11.7 Å². The maximum Gasteiger partial charge on any atom is 0.212 e. The second-order valence-electron chi connectivity index (χ2n) is 4.06. The van der Waals surface area contributed by atoms with E-state index in [1.165, 1.54) is 0 Å². The third-order valence-electron chi connectivity index (χ3n) is 2.43. The van der Waals surface area contributed by atoms with Crippen molar-refractivity contribution in [1.29, 1.82) is 0 Å². The van der Waals surface area contributed by atoms with Crippen molar-refractivity contribution in [3.8, 4) is 0 Å². The Morgan fingerprint density at radius 1 is 1.31 bits per heavy atom. The fraction of sp³-hybridized carbons (Fsp3) is 0.364. The van der Waals surface area contributed by atoms with Crippen molar-refractivity contribution < 1.29 is 4.42 Å². The lowest BCUT2D eigenvalue weighted by Crippen LogP contribution is -2.16. The summed E-state index contributed by atoms with van der Waals surface area (Å²) in [6, 6.07) is 3.10. The van der Waals surface area contributed by atoms with Crippen LogP contribution in [0.5, 0.6) is 0 Å². The van der Waals surface area contributed by atoms with E-state index in [1.54, 1.807) is 12.1 Å². The molecule has 0 spiro atoms. The van der Waals surface area contributed by atoms with E-state index in [4.69, 9.17) is 33.4 Å². The number of hydrogen-bond acceptors (Lipinski definition) is 3. The first-order valence-electron chi connectivity index (χ1n) is 5.00. The van der Waals surface area contributed by atoms with Crippen LogP contribution >= 0.6 is 23.2 Å². The minimum atomic E-state index is -0.234. The van der Waals surface area contributed by atoms with Gasteiger partial charge >= 0.3 is 0 Å². The summed E-state index contributed by atoms with van der Waals surface area (Å²) in [6.07, 6.45) is 0. The first kappa shape index (κ1) is 11.7. The molecule has 2 rings (SSSR count). The van der Waals surface area contributed by atoms with E-state index in [9.17, 15) is 0 Å². The van der Waals surface area contributed by atoms with E-state index in [1.807, 2.05) is 13.8 Å². The molecular weight excluding hydrogens is 247 g/mol. The van der Waals surface area contributed by atoms with Gasteiger partial charge in [0.1, 0.15) is 5.52 Å². The number of hydrogen-bond donors (Lipinski definition) is 1. The SMILES string of the molecule is CC(C)C(N)c1nc2cc(Cl)cc(Cl)c2o1. The van der Waals surface area contributed by atoms with Crippen LogP contribution in [-0.4, -0.2) is 4.98 Å². The van der Waals surface area contributed by atoms with Gasteiger partial charge in [0, 0.05) is 5.02 Å². The highest BCUT2D eigenvalue weighted by Crippen LogP contribution is 2.30. The van der Waals surface area contributed by atoms with Crippen LogP contribution < -0.4 is 5.73 Å². The topological polar surface area (TPSA) is 52.0 Å². The molecule has 0 bridgehead atoms. The molecule has 1 atom stereocenters. The summed E-state index contributed by atoms with van der Waals surface area (Å²) in [7, 11) is 0. The van der Waals surface area contributed by atoms with Crippen LogP contribution in [0.2, 0.25) is 10.0 Å². The molecule has 1 heterocycles. The Labute approximate surface area is 104 Å². The third kappa shape index (κ3) is 2.03. The van der Waals surface area contributed by atoms with Gasteiger partial charge in [-0.3, -0.25) is 0 Å². The molecule has 3 nitrogen and oxygen atoms in total. The van der Waals surface area contributed by atoms with Crippen LogP contribution in [-0.2, 0) is 0 Å². The molecule has 0 radical (unpaired) electrons. The molecule has 0 saturated carbocycles. The minimum absolute atomic E-state index is 0.234. The zero-order valence-corrected chi connectivity index (χ0v) is 10.5. The Hall–Kier alpha value is -0.770. The fourth-order valence-electron chi connectivity index (χ4n) is 1.40. The number of benzene rings is 1. The van der Waals surface area contributed by atoms with Crippen LogP contribution in [0.15, 0.2) is 16.5 Å². The molecule has 5 heteroatoms. The van der Waals surface area contributed by atoms with Crippen molar-refractivity contribution in [3.05, 3.63) is 28.1 Å². The molecule has 1 unspecified atom stereocenters. The summed E-state index contributed by atoms with van der Waals surface area (Å²) in [5.41, 5.74) is 7.14. The monoisotopic (exact) mass is 258 g/mol. The molecule has 2 N–H and O–H groups in total. The predicted octanol–water partition coefficient (Wildman–Crippen LogP) is 3.79. The first-order chi connectivity index (χ1) is 7.49. The maximum absolute atomic E-state index is 6.00. The maximum atomic E-state index is 6.00. The highest BCUT2D eigenvalue weighted by atomic mass is 35.5. The number of aromatic nitrogens is 1. The Morgan fingerprint density at radius 3 is 2.62 bits per heavy atom. The van der Waals surface area contributed by atoms with E-state index in [2.05, 4.69) is 4.98 Å². The molecule has 2 aromatic rings. The lowest BCUT2D eigenvalue weighted by molar-refractivity contribution is 0.403. The van der Waals surface area contributed by atoms with Gasteiger partial charge in [-0.05, 0) is 18.1 Å². The van der Waals surface area contributed by atoms with Crippen molar-refractivity contribution in [1.82, 2.24) is 4.98 Å². The number of nitrogens with zero attached hydrogens (tertiary/aromatic N) is 1. The number of rotatable bonds is 2. The normalized spacial score (nSPS) is 13.6. The van der Waals surface area contributed by atoms with E-state index in [0.717, 1.165) is 0 Å². The Kier molecular flexibility index (Phi) is 3.10. The zero-order valence-electron chi connectivity index (χ0n) is 9.00. The molecule has 0 saturated heterocycles. The molecular formula is C11H12Cl2N2O. The fourth-order valence-corrected chi connectivity index (χ4v) is 1.93. The molecule has 0 amide bonds. The minimum Gasteiger partial charge on any atom is -0.437 e. The molecule has 0 fully saturated rings. The highest BCUT2D eigenvalue weighted by Gasteiger charge is 2.18. The van der Waals surface area contributed by atoms with Crippen LogP contribution in [0.3, 0.4) is 0 Å². The number of fused-ring (bicyclic) bond motifs is 1. The van der Waals surface area contributed by atoms with Gasteiger partial charge in [0.15, 0.2) is 5.58 Å². The van der Waals surface area contributed by atoms with E-state index in [0.29, 0.717) is 27.0 Å². The number of halogens is 2. The number of oxazole rings is 1. The summed E-state index contributed by atoms with van der Waals surface area (Å²) in [5.74, 6) is 0.747. The largest absolute Gasteiger partial charge is 0.437 e. The summed E-state index contributed by atoms with van der Waals surface area (Å²) in [4.78, 5) is 4.30. The number of nitrogens with two attached hydrogens (primary N) is 1.